The fourth-order valence-electron chi connectivity index (χ4n) is 1.49. The fraction of sp³-hybridized carbons (Fsp3) is 0.0769. The minimum Gasteiger partial charge on any atom is -0.315 e. The summed E-state index contributed by atoms with van der Waals surface area (Å²) in [5, 5.41) is 0. The van der Waals surface area contributed by atoms with Gasteiger partial charge in [-0.3, -0.25) is 9.59 Å². The quantitative estimate of drug-likeness (QED) is 0.672. The summed E-state index contributed by atoms with van der Waals surface area (Å²) >= 11 is 0. The van der Waals surface area contributed by atoms with Crippen LogP contribution in [0.1, 0.15) is 0 Å². The number of benzene rings is 1. The summed E-state index contributed by atoms with van der Waals surface area (Å²) < 4.78 is 1.29. The highest BCUT2D eigenvalue weighted by Crippen LogP contribution is 2.15. The van der Waals surface area contributed by atoms with Crippen LogP contribution in [0, 0.1) is 0 Å². The van der Waals surface area contributed by atoms with E-state index in [9.17, 15) is 9.59 Å². The molecule has 1 aromatic heterocycles. The molecule has 0 atom stereocenters. The Balaban J connectivity index is 2.71. The van der Waals surface area contributed by atoms with E-state index in [-0.39, 0.29) is 0 Å². The van der Waals surface area contributed by atoms with E-state index < -0.39 is 11.0 Å². The Bertz CT molecular complexity index is 615. The van der Waals surface area contributed by atoms with Gasteiger partial charge in [-0.25, -0.2) is 0 Å². The van der Waals surface area contributed by atoms with Gasteiger partial charge in [0, 0.05) is 13.2 Å². The molecule has 0 amide bonds. The average Bonchev–Trinajstić information content (AvgIpc) is 2.44. The summed E-state index contributed by atoms with van der Waals surface area (Å²) in [5.41, 5.74) is 0.673. The number of rotatable bonds is 1. The van der Waals surface area contributed by atoms with Crippen LogP contribution in [-0.2, 0) is 7.05 Å². The lowest BCUT2D eigenvalue weighted by molar-refractivity contribution is 0.861. The second kappa shape index (κ2) is 4.14. The second-order valence-electron chi connectivity index (χ2n) is 3.56. The van der Waals surface area contributed by atoms with Crippen LogP contribution < -0.4 is 11.0 Å². The van der Waals surface area contributed by atoms with E-state index in [2.05, 4.69) is 0 Å². The van der Waals surface area contributed by atoms with Crippen molar-refractivity contribution in [2.24, 2.45) is 7.05 Å². The average molecular weight is 213 g/mol. The maximum Gasteiger partial charge on any atom is 0.298 e. The van der Waals surface area contributed by atoms with Gasteiger partial charge in [0.1, 0.15) is 0 Å². The van der Waals surface area contributed by atoms with Crippen LogP contribution in [0.15, 0.2) is 58.3 Å². The van der Waals surface area contributed by atoms with Crippen molar-refractivity contribution in [1.29, 1.82) is 0 Å². The summed E-state index contributed by atoms with van der Waals surface area (Å²) in [6.07, 6.45) is 1.60. The molecular weight excluding hydrogens is 202 g/mol. The third kappa shape index (κ3) is 1.93. The predicted octanol–water partition coefficient (Wildman–Crippen LogP) is 1.41. The van der Waals surface area contributed by atoms with Gasteiger partial charge in [-0.1, -0.05) is 30.3 Å². The van der Waals surface area contributed by atoms with Crippen molar-refractivity contribution in [2.75, 3.05) is 0 Å². The number of hydrogen-bond acceptors (Lipinski definition) is 2. The van der Waals surface area contributed by atoms with Crippen molar-refractivity contribution in [2.45, 2.75) is 0 Å². The van der Waals surface area contributed by atoms with Crippen molar-refractivity contribution in [3.63, 3.8) is 0 Å². The van der Waals surface area contributed by atoms with Gasteiger partial charge in [0.25, 0.3) is 5.56 Å². The molecule has 0 N–H and O–H groups in total. The van der Waals surface area contributed by atoms with Crippen LogP contribution in [0.2, 0.25) is 0 Å². The molecule has 16 heavy (non-hydrogen) atoms. The Morgan fingerprint density at radius 1 is 0.938 bits per heavy atom. The Labute approximate surface area is 92.6 Å². The number of nitrogens with zero attached hydrogens (tertiary/aromatic N) is 1. The van der Waals surface area contributed by atoms with Gasteiger partial charge in [-0.15, -0.1) is 0 Å². The lowest BCUT2D eigenvalue weighted by Crippen LogP contribution is -2.28. The molecule has 1 heterocycles. The maximum atomic E-state index is 11.5. The number of aryl methyl sites for hydroxylation is 1. The summed E-state index contributed by atoms with van der Waals surface area (Å²) in [6, 6.07) is 12.6. The van der Waals surface area contributed by atoms with Crippen molar-refractivity contribution in [3.05, 3.63) is 69.2 Å². The van der Waals surface area contributed by atoms with Gasteiger partial charge >= 0.3 is 0 Å². The van der Waals surface area contributed by atoms with Crippen LogP contribution in [0.3, 0.4) is 0 Å². The molecule has 0 fully saturated rings. The zero-order valence-corrected chi connectivity index (χ0v) is 8.88. The summed E-state index contributed by atoms with van der Waals surface area (Å²) in [4.78, 5) is 22.9. The fourth-order valence-corrected chi connectivity index (χ4v) is 1.49. The van der Waals surface area contributed by atoms with Gasteiger partial charge in [0.05, 0.1) is 0 Å². The van der Waals surface area contributed by atoms with Gasteiger partial charge in [-0.05, 0) is 23.3 Å². The molecule has 2 rings (SSSR count). The normalized spacial score (nSPS) is 10.1. The molecule has 0 saturated carbocycles. The molecule has 2 aromatic rings. The summed E-state index contributed by atoms with van der Waals surface area (Å²) in [7, 11) is 1.57. The minimum absolute atomic E-state index is 0.494. The Kier molecular flexibility index (Phi) is 2.68. The first-order valence-corrected chi connectivity index (χ1v) is 4.95. The molecule has 0 radical (unpaired) electrons. The van der Waals surface area contributed by atoms with Gasteiger partial charge in [-0.2, -0.15) is 0 Å². The Morgan fingerprint density at radius 2 is 1.62 bits per heavy atom. The standard InChI is InChI=1S/C13H11NO2/c1-14-8-7-11(9-12(15)13(14)16)10-5-3-2-4-6-10/h2-9H,1H3. The highest BCUT2D eigenvalue weighted by molar-refractivity contribution is 5.62. The zero-order valence-electron chi connectivity index (χ0n) is 8.88. The topological polar surface area (TPSA) is 39.1 Å². The van der Waals surface area contributed by atoms with Crippen LogP contribution in [0.25, 0.3) is 11.1 Å². The first kappa shape index (κ1) is 10.4. The van der Waals surface area contributed by atoms with Gasteiger partial charge in [0.15, 0.2) is 0 Å². The third-order valence-corrected chi connectivity index (χ3v) is 2.40. The van der Waals surface area contributed by atoms with Crippen molar-refractivity contribution >= 4 is 0 Å². The van der Waals surface area contributed by atoms with Crippen LogP contribution in [-0.4, -0.2) is 4.57 Å². The lowest BCUT2D eigenvalue weighted by Gasteiger charge is -1.95. The molecule has 0 unspecified atom stereocenters. The SMILES string of the molecule is Cn1ccc(-c2ccccc2)cc(=O)c1=O. The molecule has 0 saturated heterocycles. The first-order chi connectivity index (χ1) is 7.68. The van der Waals surface area contributed by atoms with Crippen LogP contribution in [0.4, 0.5) is 0 Å². The van der Waals surface area contributed by atoms with E-state index in [1.807, 2.05) is 30.3 Å². The smallest absolute Gasteiger partial charge is 0.298 e. The van der Waals surface area contributed by atoms with E-state index in [1.54, 1.807) is 19.3 Å². The molecule has 0 aliphatic heterocycles. The van der Waals surface area contributed by atoms with Gasteiger partial charge in [0.2, 0.25) is 5.43 Å². The largest absolute Gasteiger partial charge is 0.315 e. The molecule has 1 aromatic carbocycles. The van der Waals surface area contributed by atoms with E-state index in [0.29, 0.717) is 0 Å². The van der Waals surface area contributed by atoms with Crippen molar-refractivity contribution in [1.82, 2.24) is 4.57 Å². The Morgan fingerprint density at radius 3 is 2.31 bits per heavy atom. The number of aromatic nitrogens is 1. The Hall–Kier alpha value is -2.16. The minimum atomic E-state index is -0.512. The highest BCUT2D eigenvalue weighted by atomic mass is 16.2. The predicted molar refractivity (Wildman–Crippen MR) is 63.4 cm³/mol. The second-order valence-corrected chi connectivity index (χ2v) is 3.56. The number of hydrogen-bond donors (Lipinski definition) is 0. The van der Waals surface area contributed by atoms with Crippen LogP contribution in [0.5, 0.6) is 0 Å². The lowest BCUT2D eigenvalue weighted by atomic mass is 10.1. The molecule has 80 valence electrons. The maximum absolute atomic E-state index is 11.5. The molecule has 0 aliphatic carbocycles. The summed E-state index contributed by atoms with van der Waals surface area (Å²) in [5.74, 6) is 0. The molecule has 0 bridgehead atoms. The van der Waals surface area contributed by atoms with E-state index in [0.717, 1.165) is 11.1 Å². The van der Waals surface area contributed by atoms with Crippen LogP contribution >= 0.6 is 0 Å². The van der Waals surface area contributed by atoms with Crippen molar-refractivity contribution in [3.8, 4) is 11.1 Å². The van der Waals surface area contributed by atoms with E-state index >= 15 is 0 Å². The first-order valence-electron chi connectivity index (χ1n) is 4.95. The zero-order chi connectivity index (χ0) is 11.5. The highest BCUT2D eigenvalue weighted by Gasteiger charge is 1.99. The molecule has 3 heteroatoms. The molecule has 3 nitrogen and oxygen atoms in total. The molecule has 0 spiro atoms. The molecule has 0 aliphatic rings. The van der Waals surface area contributed by atoms with E-state index in [4.69, 9.17) is 0 Å². The van der Waals surface area contributed by atoms with Crippen molar-refractivity contribution < 1.29 is 0 Å². The third-order valence-electron chi connectivity index (χ3n) is 2.40. The van der Waals surface area contributed by atoms with Gasteiger partial charge < -0.3 is 4.57 Å². The summed E-state index contributed by atoms with van der Waals surface area (Å²) in [6.45, 7) is 0. The van der Waals surface area contributed by atoms with E-state index in [1.165, 1.54) is 10.6 Å². The monoisotopic (exact) mass is 213 g/mol. The molecular formula is C13H11NO2.